The van der Waals surface area contributed by atoms with Crippen molar-refractivity contribution in [3.8, 4) is 11.5 Å². The summed E-state index contributed by atoms with van der Waals surface area (Å²) in [5, 5.41) is 0. The fourth-order valence-electron chi connectivity index (χ4n) is 2.18. The van der Waals surface area contributed by atoms with Crippen molar-refractivity contribution >= 4 is 15.9 Å². The molecule has 0 spiro atoms. The number of hydrogen-bond acceptors (Lipinski definition) is 2. The molecule has 1 aliphatic rings. The van der Waals surface area contributed by atoms with Crippen LogP contribution in [0.3, 0.4) is 0 Å². The van der Waals surface area contributed by atoms with Crippen LogP contribution in [0.15, 0.2) is 36.4 Å². The first kappa shape index (κ1) is 13.4. The summed E-state index contributed by atoms with van der Waals surface area (Å²) in [6.45, 7) is 2.89. The third-order valence-electron chi connectivity index (χ3n) is 3.35. The Bertz CT molecular complexity index is 642. The van der Waals surface area contributed by atoms with E-state index in [2.05, 4.69) is 15.9 Å². The average molecular weight is 337 g/mol. The molecule has 104 valence electrons. The maximum absolute atomic E-state index is 13.7. The lowest BCUT2D eigenvalue weighted by atomic mass is 10.0. The predicted octanol–water partition coefficient (Wildman–Crippen LogP) is 4.39. The van der Waals surface area contributed by atoms with Gasteiger partial charge in [-0.1, -0.05) is 34.1 Å². The van der Waals surface area contributed by atoms with Crippen LogP contribution in [-0.4, -0.2) is 13.2 Å². The second kappa shape index (κ2) is 5.44. The Kier molecular flexibility index (Phi) is 3.66. The first-order valence-corrected chi connectivity index (χ1v) is 7.36. The van der Waals surface area contributed by atoms with Crippen molar-refractivity contribution in [1.29, 1.82) is 0 Å². The Labute approximate surface area is 125 Å². The highest BCUT2D eigenvalue weighted by atomic mass is 79.9. The van der Waals surface area contributed by atoms with E-state index in [4.69, 9.17) is 9.47 Å². The number of ether oxygens (including phenoxy) is 2. The summed E-state index contributed by atoms with van der Waals surface area (Å²) >= 11 is 3.62. The van der Waals surface area contributed by atoms with E-state index in [0.717, 1.165) is 22.6 Å². The molecule has 2 aromatic rings. The molecular weight excluding hydrogens is 323 g/mol. The van der Waals surface area contributed by atoms with E-state index in [9.17, 15) is 4.39 Å². The van der Waals surface area contributed by atoms with Crippen molar-refractivity contribution in [2.24, 2.45) is 0 Å². The van der Waals surface area contributed by atoms with Gasteiger partial charge in [0.25, 0.3) is 0 Å². The molecule has 1 unspecified atom stereocenters. The standard InChI is InChI=1S/C16H14BrFO2/c1-10-2-3-11(8-13(10)18)16(17)12-4-5-14-15(9-12)20-7-6-19-14/h2-5,8-9,16H,6-7H2,1H3. The van der Waals surface area contributed by atoms with Gasteiger partial charge in [-0.2, -0.15) is 0 Å². The maximum Gasteiger partial charge on any atom is 0.161 e. The highest BCUT2D eigenvalue weighted by Crippen LogP contribution is 2.38. The van der Waals surface area contributed by atoms with Crippen molar-refractivity contribution in [2.45, 2.75) is 11.8 Å². The number of rotatable bonds is 2. The summed E-state index contributed by atoms with van der Waals surface area (Å²) in [4.78, 5) is -0.0755. The van der Waals surface area contributed by atoms with E-state index in [-0.39, 0.29) is 10.6 Å². The van der Waals surface area contributed by atoms with Crippen LogP contribution in [0.2, 0.25) is 0 Å². The molecule has 0 N–H and O–H groups in total. The molecule has 0 radical (unpaired) electrons. The summed E-state index contributed by atoms with van der Waals surface area (Å²) in [7, 11) is 0. The van der Waals surface area contributed by atoms with Crippen LogP contribution < -0.4 is 9.47 Å². The molecule has 0 aliphatic carbocycles. The monoisotopic (exact) mass is 336 g/mol. The van der Waals surface area contributed by atoms with Crippen molar-refractivity contribution in [2.75, 3.05) is 13.2 Å². The minimum absolute atomic E-state index is 0.0755. The van der Waals surface area contributed by atoms with Gasteiger partial charge in [0, 0.05) is 0 Å². The number of fused-ring (bicyclic) bond motifs is 1. The lowest BCUT2D eigenvalue weighted by Crippen LogP contribution is -2.15. The van der Waals surface area contributed by atoms with Crippen molar-refractivity contribution in [1.82, 2.24) is 0 Å². The van der Waals surface area contributed by atoms with E-state index in [0.29, 0.717) is 18.8 Å². The largest absolute Gasteiger partial charge is 0.486 e. The minimum Gasteiger partial charge on any atom is -0.486 e. The number of hydrogen-bond donors (Lipinski definition) is 0. The zero-order valence-corrected chi connectivity index (χ0v) is 12.6. The zero-order valence-electron chi connectivity index (χ0n) is 11.0. The predicted molar refractivity (Wildman–Crippen MR) is 79.3 cm³/mol. The first-order chi connectivity index (χ1) is 9.65. The van der Waals surface area contributed by atoms with Gasteiger partial charge in [0.1, 0.15) is 19.0 Å². The van der Waals surface area contributed by atoms with Crippen LogP contribution in [0.5, 0.6) is 11.5 Å². The summed E-state index contributed by atoms with van der Waals surface area (Å²) in [5.41, 5.74) is 2.54. The van der Waals surface area contributed by atoms with Gasteiger partial charge in [0.05, 0.1) is 4.83 Å². The van der Waals surface area contributed by atoms with Crippen molar-refractivity contribution in [3.63, 3.8) is 0 Å². The molecule has 0 saturated heterocycles. The van der Waals surface area contributed by atoms with E-state index in [1.54, 1.807) is 19.1 Å². The Balaban J connectivity index is 1.93. The molecule has 0 saturated carbocycles. The molecule has 20 heavy (non-hydrogen) atoms. The van der Waals surface area contributed by atoms with Crippen molar-refractivity contribution < 1.29 is 13.9 Å². The molecule has 0 fully saturated rings. The fraction of sp³-hybridized carbons (Fsp3) is 0.250. The van der Waals surface area contributed by atoms with Gasteiger partial charge in [-0.05, 0) is 41.8 Å². The zero-order chi connectivity index (χ0) is 14.1. The van der Waals surface area contributed by atoms with Gasteiger partial charge in [-0.3, -0.25) is 0 Å². The van der Waals surface area contributed by atoms with Crippen molar-refractivity contribution in [3.05, 3.63) is 58.9 Å². The van der Waals surface area contributed by atoms with Crippen LogP contribution in [0.4, 0.5) is 4.39 Å². The number of aryl methyl sites for hydroxylation is 1. The van der Waals surface area contributed by atoms with E-state index in [1.807, 2.05) is 24.3 Å². The summed E-state index contributed by atoms with van der Waals surface area (Å²) in [6, 6.07) is 11.1. The number of benzene rings is 2. The van der Waals surface area contributed by atoms with Crippen LogP contribution in [-0.2, 0) is 0 Å². The Morgan fingerprint density at radius 3 is 2.40 bits per heavy atom. The molecule has 0 amide bonds. The highest BCUT2D eigenvalue weighted by Gasteiger charge is 2.17. The first-order valence-electron chi connectivity index (χ1n) is 6.45. The second-order valence-electron chi connectivity index (χ2n) is 4.77. The molecule has 0 bridgehead atoms. The third kappa shape index (κ3) is 2.52. The van der Waals surface area contributed by atoms with E-state index >= 15 is 0 Å². The van der Waals surface area contributed by atoms with Gasteiger partial charge in [0.2, 0.25) is 0 Å². The molecule has 1 atom stereocenters. The van der Waals surface area contributed by atoms with Crippen LogP contribution in [0, 0.1) is 12.7 Å². The SMILES string of the molecule is Cc1ccc(C(Br)c2ccc3c(c2)OCCO3)cc1F. The molecule has 2 aromatic carbocycles. The van der Waals surface area contributed by atoms with Gasteiger partial charge < -0.3 is 9.47 Å². The lowest BCUT2D eigenvalue weighted by molar-refractivity contribution is 0.171. The highest BCUT2D eigenvalue weighted by molar-refractivity contribution is 9.09. The third-order valence-corrected chi connectivity index (χ3v) is 4.40. The van der Waals surface area contributed by atoms with Gasteiger partial charge in [0.15, 0.2) is 11.5 Å². The van der Waals surface area contributed by atoms with Crippen LogP contribution in [0.25, 0.3) is 0 Å². The molecule has 1 heterocycles. The molecule has 1 aliphatic heterocycles. The Hall–Kier alpha value is -1.55. The average Bonchev–Trinajstić information content (AvgIpc) is 2.49. The molecule has 4 heteroatoms. The normalized spacial score (nSPS) is 14.9. The maximum atomic E-state index is 13.7. The quantitative estimate of drug-likeness (QED) is 0.757. The summed E-state index contributed by atoms with van der Waals surface area (Å²) in [5.74, 6) is 1.31. The summed E-state index contributed by atoms with van der Waals surface area (Å²) < 4.78 is 24.7. The van der Waals surface area contributed by atoms with E-state index in [1.165, 1.54) is 0 Å². The minimum atomic E-state index is -0.190. The topological polar surface area (TPSA) is 18.5 Å². The molecule has 2 nitrogen and oxygen atoms in total. The Morgan fingerprint density at radius 2 is 1.65 bits per heavy atom. The number of halogens is 2. The van der Waals surface area contributed by atoms with Gasteiger partial charge in [-0.25, -0.2) is 4.39 Å². The second-order valence-corrected chi connectivity index (χ2v) is 5.69. The Morgan fingerprint density at radius 1 is 1.00 bits per heavy atom. The number of alkyl halides is 1. The van der Waals surface area contributed by atoms with E-state index < -0.39 is 0 Å². The van der Waals surface area contributed by atoms with Crippen LogP contribution >= 0.6 is 15.9 Å². The molecular formula is C16H14BrFO2. The molecule has 0 aromatic heterocycles. The van der Waals surface area contributed by atoms with Crippen LogP contribution in [0.1, 0.15) is 21.5 Å². The molecule has 3 rings (SSSR count). The lowest BCUT2D eigenvalue weighted by Gasteiger charge is -2.20. The fourth-order valence-corrected chi connectivity index (χ4v) is 2.75. The smallest absolute Gasteiger partial charge is 0.161 e. The summed E-state index contributed by atoms with van der Waals surface area (Å²) in [6.07, 6.45) is 0. The van der Waals surface area contributed by atoms with Gasteiger partial charge >= 0.3 is 0 Å². The van der Waals surface area contributed by atoms with Gasteiger partial charge in [-0.15, -0.1) is 0 Å².